The highest BCUT2D eigenvalue weighted by molar-refractivity contribution is 6.19. The molecule has 0 saturated carbocycles. The zero-order valence-corrected chi connectivity index (χ0v) is 7.52. The number of aromatic hydroxyl groups is 1. The molecule has 0 fully saturated rings. The number of hydrogen-bond donors (Lipinski definition) is 1. The fourth-order valence-corrected chi connectivity index (χ4v) is 0.940. The Kier molecular flexibility index (Phi) is 3.01. The molecule has 0 amide bonds. The van der Waals surface area contributed by atoms with E-state index in [9.17, 15) is 0 Å². The quantitative estimate of drug-likeness (QED) is 0.480. The molecule has 0 aliphatic rings. The molecule has 1 rings (SSSR count). The first kappa shape index (κ1) is 8.96. The molecule has 0 bridgehead atoms. The fraction of sp³-hybridized carbons (Fsp3) is 0.200. The molecule has 1 nitrogen and oxygen atoms in total. The maximum Gasteiger partial charge on any atom is 0.116 e. The highest BCUT2D eigenvalue weighted by Crippen LogP contribution is 2.14. The molecule has 0 aliphatic heterocycles. The van der Waals surface area contributed by atoms with Gasteiger partial charge in [0.2, 0.25) is 0 Å². The summed E-state index contributed by atoms with van der Waals surface area (Å²) < 4.78 is 0. The van der Waals surface area contributed by atoms with Crippen molar-refractivity contribution in [1.29, 1.82) is 0 Å². The normalized spacial score (nSPS) is 8.83. The van der Waals surface area contributed by atoms with Gasteiger partial charge in [-0.25, -0.2) is 0 Å². The number of benzene rings is 1. The molecule has 0 spiro atoms. The number of phenols is 1. The average Bonchev–Trinajstić information content (AvgIpc) is 2.07. The smallest absolute Gasteiger partial charge is 0.116 e. The summed E-state index contributed by atoms with van der Waals surface area (Å²) in [5.41, 5.74) is 1.88. The third-order valence-electron chi connectivity index (χ3n) is 1.51. The van der Waals surface area contributed by atoms with Crippen LogP contribution in [0.5, 0.6) is 5.75 Å². The summed E-state index contributed by atoms with van der Waals surface area (Å²) in [5.74, 6) is 6.15. The molecule has 1 aromatic carbocycles. The van der Waals surface area contributed by atoms with Gasteiger partial charge in [-0.15, -0.1) is 11.6 Å². The highest BCUT2D eigenvalue weighted by Gasteiger charge is 1.94. The van der Waals surface area contributed by atoms with E-state index in [0.29, 0.717) is 5.88 Å². The van der Waals surface area contributed by atoms with Crippen LogP contribution in [0.25, 0.3) is 0 Å². The minimum absolute atomic E-state index is 0.236. The van der Waals surface area contributed by atoms with Gasteiger partial charge >= 0.3 is 0 Å². The first-order valence-corrected chi connectivity index (χ1v) is 4.12. The van der Waals surface area contributed by atoms with Gasteiger partial charge in [-0.1, -0.05) is 17.9 Å². The van der Waals surface area contributed by atoms with Crippen LogP contribution in [0.1, 0.15) is 11.1 Å². The third kappa shape index (κ3) is 2.18. The average molecular weight is 181 g/mol. The zero-order chi connectivity index (χ0) is 8.97. The highest BCUT2D eigenvalue weighted by atomic mass is 35.5. The fourth-order valence-electron chi connectivity index (χ4n) is 0.873. The van der Waals surface area contributed by atoms with E-state index in [1.165, 1.54) is 0 Å². The van der Waals surface area contributed by atoms with E-state index in [-0.39, 0.29) is 5.75 Å². The topological polar surface area (TPSA) is 20.2 Å². The largest absolute Gasteiger partial charge is 0.508 e. The maximum absolute atomic E-state index is 9.14. The van der Waals surface area contributed by atoms with Crippen LogP contribution in [0.2, 0.25) is 0 Å². The summed E-state index contributed by atoms with van der Waals surface area (Å²) in [6.07, 6.45) is 0. The Hall–Kier alpha value is -1.13. The Balaban J connectivity index is 3.05. The lowest BCUT2D eigenvalue weighted by molar-refractivity contribution is 0.475. The summed E-state index contributed by atoms with van der Waals surface area (Å²) in [4.78, 5) is 0. The summed E-state index contributed by atoms with van der Waals surface area (Å²) in [6, 6.07) is 5.10. The van der Waals surface area contributed by atoms with Crippen molar-refractivity contribution in [3.05, 3.63) is 29.3 Å². The van der Waals surface area contributed by atoms with E-state index in [4.69, 9.17) is 16.7 Å². The SMILES string of the molecule is Cc1ccc(O)cc1C#CCCl. The van der Waals surface area contributed by atoms with Crippen molar-refractivity contribution in [2.45, 2.75) is 6.92 Å². The van der Waals surface area contributed by atoms with Gasteiger partial charge in [0.05, 0.1) is 5.88 Å². The standard InChI is InChI=1S/C10H9ClO/c1-8-4-5-10(12)7-9(8)3-2-6-11/h4-5,7,12H,6H2,1H3. The van der Waals surface area contributed by atoms with E-state index >= 15 is 0 Å². The predicted octanol–water partition coefficient (Wildman–Crippen LogP) is 2.29. The summed E-state index contributed by atoms with van der Waals surface area (Å²) in [5, 5.41) is 9.14. The zero-order valence-electron chi connectivity index (χ0n) is 6.76. The second kappa shape index (κ2) is 4.04. The van der Waals surface area contributed by atoms with Gasteiger partial charge in [0.1, 0.15) is 5.75 Å². The van der Waals surface area contributed by atoms with Crippen molar-refractivity contribution >= 4 is 11.6 Å². The van der Waals surface area contributed by atoms with Gasteiger partial charge < -0.3 is 5.11 Å². The van der Waals surface area contributed by atoms with Crippen LogP contribution in [0.15, 0.2) is 18.2 Å². The van der Waals surface area contributed by atoms with Gasteiger partial charge in [0.25, 0.3) is 0 Å². The van der Waals surface area contributed by atoms with Crippen LogP contribution >= 0.6 is 11.6 Å². The van der Waals surface area contributed by atoms with Gasteiger partial charge in [0, 0.05) is 5.56 Å². The molecule has 0 heterocycles. The molecule has 1 aromatic rings. The van der Waals surface area contributed by atoms with Crippen molar-refractivity contribution in [2.75, 3.05) is 5.88 Å². The van der Waals surface area contributed by atoms with E-state index in [1.54, 1.807) is 12.1 Å². The Morgan fingerprint density at radius 1 is 1.50 bits per heavy atom. The first-order valence-electron chi connectivity index (χ1n) is 3.58. The molecule has 0 radical (unpaired) electrons. The minimum Gasteiger partial charge on any atom is -0.508 e. The van der Waals surface area contributed by atoms with E-state index < -0.39 is 0 Å². The van der Waals surface area contributed by atoms with Crippen molar-refractivity contribution in [3.63, 3.8) is 0 Å². The van der Waals surface area contributed by atoms with Gasteiger partial charge in [-0.2, -0.15) is 0 Å². The lowest BCUT2D eigenvalue weighted by Crippen LogP contribution is -1.80. The lowest BCUT2D eigenvalue weighted by atomic mass is 10.1. The molecule has 0 aromatic heterocycles. The Bertz CT molecular complexity index is 333. The van der Waals surface area contributed by atoms with Crippen LogP contribution in [0.4, 0.5) is 0 Å². The molecule has 62 valence electrons. The summed E-state index contributed by atoms with van der Waals surface area (Å²) >= 11 is 5.41. The number of rotatable bonds is 0. The van der Waals surface area contributed by atoms with E-state index in [0.717, 1.165) is 11.1 Å². The predicted molar refractivity (Wildman–Crippen MR) is 50.4 cm³/mol. The maximum atomic E-state index is 9.14. The van der Waals surface area contributed by atoms with Crippen molar-refractivity contribution in [3.8, 4) is 17.6 Å². The van der Waals surface area contributed by atoms with Gasteiger partial charge in [-0.3, -0.25) is 0 Å². The summed E-state index contributed by atoms with van der Waals surface area (Å²) in [7, 11) is 0. The number of halogens is 1. The third-order valence-corrected chi connectivity index (χ3v) is 1.64. The Morgan fingerprint density at radius 2 is 2.25 bits per heavy atom. The monoisotopic (exact) mass is 180 g/mol. The second-order valence-corrected chi connectivity index (χ2v) is 2.70. The van der Waals surface area contributed by atoms with Crippen LogP contribution < -0.4 is 0 Å². The molecule has 2 heteroatoms. The minimum atomic E-state index is 0.236. The number of alkyl halides is 1. The molecular weight excluding hydrogens is 172 g/mol. The van der Waals surface area contributed by atoms with Gasteiger partial charge in [0.15, 0.2) is 0 Å². The first-order chi connectivity index (χ1) is 5.74. The number of aryl methyl sites for hydroxylation is 1. The summed E-state index contributed by atoms with van der Waals surface area (Å²) in [6.45, 7) is 1.94. The molecule has 0 aliphatic carbocycles. The number of phenolic OH excluding ortho intramolecular Hbond substituents is 1. The van der Waals surface area contributed by atoms with Crippen molar-refractivity contribution < 1.29 is 5.11 Å². The van der Waals surface area contributed by atoms with Crippen molar-refractivity contribution in [2.24, 2.45) is 0 Å². The van der Waals surface area contributed by atoms with E-state index in [2.05, 4.69) is 11.8 Å². The van der Waals surface area contributed by atoms with Crippen LogP contribution in [-0.2, 0) is 0 Å². The Morgan fingerprint density at radius 3 is 2.92 bits per heavy atom. The Labute approximate surface area is 77.0 Å². The molecule has 1 N–H and O–H groups in total. The van der Waals surface area contributed by atoms with Crippen LogP contribution in [0.3, 0.4) is 0 Å². The molecule has 0 unspecified atom stereocenters. The van der Waals surface area contributed by atoms with Gasteiger partial charge in [-0.05, 0) is 24.6 Å². The number of hydrogen-bond acceptors (Lipinski definition) is 1. The van der Waals surface area contributed by atoms with Crippen molar-refractivity contribution in [1.82, 2.24) is 0 Å². The molecular formula is C10H9ClO. The van der Waals surface area contributed by atoms with Crippen LogP contribution in [-0.4, -0.2) is 11.0 Å². The molecule has 12 heavy (non-hydrogen) atoms. The molecule has 0 atom stereocenters. The second-order valence-electron chi connectivity index (χ2n) is 2.43. The lowest BCUT2D eigenvalue weighted by Gasteiger charge is -1.97. The molecule has 0 saturated heterocycles. The van der Waals surface area contributed by atoms with E-state index in [1.807, 2.05) is 13.0 Å². The van der Waals surface area contributed by atoms with Crippen LogP contribution in [0, 0.1) is 18.8 Å².